The van der Waals surface area contributed by atoms with Gasteiger partial charge in [0.25, 0.3) is 0 Å². The van der Waals surface area contributed by atoms with Crippen LogP contribution in [0.15, 0.2) is 60.0 Å². The number of amides is 1. The molecule has 1 N–H and O–H groups in total. The quantitative estimate of drug-likeness (QED) is 0.612. The van der Waals surface area contributed by atoms with Crippen molar-refractivity contribution < 1.29 is 18.0 Å². The summed E-state index contributed by atoms with van der Waals surface area (Å²) >= 11 is 1.44. The highest BCUT2D eigenvalue weighted by Gasteiger charge is 2.31. The molecule has 5 nitrogen and oxygen atoms in total. The zero-order valence-electron chi connectivity index (χ0n) is 16.6. The first-order valence-electron chi connectivity index (χ1n) is 9.85. The van der Waals surface area contributed by atoms with Crippen LogP contribution in [0, 0.1) is 0 Å². The molecule has 1 aliphatic rings. The minimum atomic E-state index is -4.37. The van der Waals surface area contributed by atoms with Crippen molar-refractivity contribution >= 4 is 33.8 Å². The van der Waals surface area contributed by atoms with Crippen molar-refractivity contribution in [1.82, 2.24) is 9.88 Å². The van der Waals surface area contributed by atoms with Gasteiger partial charge in [-0.1, -0.05) is 24.3 Å². The van der Waals surface area contributed by atoms with Gasteiger partial charge in [0.2, 0.25) is 5.91 Å². The van der Waals surface area contributed by atoms with Gasteiger partial charge < -0.3 is 15.1 Å². The zero-order chi connectivity index (χ0) is 21.8. The number of hydrogen-bond acceptors (Lipinski definition) is 5. The fourth-order valence-corrected chi connectivity index (χ4v) is 4.18. The monoisotopic (exact) mass is 446 g/mol. The fourth-order valence-electron chi connectivity index (χ4n) is 3.45. The number of hydrogen-bond donors (Lipinski definition) is 1. The van der Waals surface area contributed by atoms with Crippen molar-refractivity contribution in [3.8, 4) is 0 Å². The van der Waals surface area contributed by atoms with E-state index in [2.05, 4.69) is 10.3 Å². The van der Waals surface area contributed by atoms with Crippen molar-refractivity contribution in [3.63, 3.8) is 0 Å². The number of para-hydroxylation sites is 1. The molecule has 1 aliphatic heterocycles. The molecule has 0 spiro atoms. The molecule has 0 saturated carbocycles. The highest BCUT2D eigenvalue weighted by molar-refractivity contribution is 7.13. The Morgan fingerprint density at radius 3 is 2.48 bits per heavy atom. The second-order valence-electron chi connectivity index (χ2n) is 7.23. The topological polar surface area (TPSA) is 48.5 Å². The molecule has 4 rings (SSSR count). The van der Waals surface area contributed by atoms with E-state index >= 15 is 0 Å². The number of halogens is 3. The van der Waals surface area contributed by atoms with Gasteiger partial charge in [-0.05, 0) is 30.3 Å². The molecule has 2 aromatic carbocycles. The Bertz CT molecular complexity index is 1030. The molecule has 1 amide bonds. The van der Waals surface area contributed by atoms with E-state index in [4.69, 9.17) is 0 Å². The maximum Gasteiger partial charge on any atom is 0.416 e. The molecule has 1 aromatic heterocycles. The first-order chi connectivity index (χ1) is 14.9. The van der Waals surface area contributed by atoms with E-state index in [1.807, 2.05) is 40.6 Å². The molecule has 162 valence electrons. The number of anilines is 3. The van der Waals surface area contributed by atoms with Crippen LogP contribution in [-0.2, 0) is 17.4 Å². The predicted octanol–water partition coefficient (Wildman–Crippen LogP) is 4.80. The van der Waals surface area contributed by atoms with Gasteiger partial charge in [-0.2, -0.15) is 13.2 Å². The van der Waals surface area contributed by atoms with Gasteiger partial charge in [0.15, 0.2) is 5.13 Å². The summed E-state index contributed by atoms with van der Waals surface area (Å²) in [6.07, 6.45) is -4.16. The molecule has 0 radical (unpaired) electrons. The Hall–Kier alpha value is -3.07. The molecule has 9 heteroatoms. The van der Waals surface area contributed by atoms with Gasteiger partial charge in [-0.3, -0.25) is 4.79 Å². The number of rotatable bonds is 5. The van der Waals surface area contributed by atoms with E-state index in [-0.39, 0.29) is 12.3 Å². The largest absolute Gasteiger partial charge is 0.416 e. The molecule has 0 aliphatic carbocycles. The molecule has 0 unspecified atom stereocenters. The fraction of sp³-hybridized carbons (Fsp3) is 0.273. The number of carbonyl (C=O) groups is 1. The lowest BCUT2D eigenvalue weighted by molar-refractivity contribution is -0.137. The van der Waals surface area contributed by atoms with E-state index in [1.54, 1.807) is 11.0 Å². The van der Waals surface area contributed by atoms with Crippen LogP contribution in [0.4, 0.5) is 29.7 Å². The van der Waals surface area contributed by atoms with E-state index in [9.17, 15) is 18.0 Å². The third kappa shape index (κ3) is 5.35. The Labute approximate surface area is 182 Å². The van der Waals surface area contributed by atoms with Gasteiger partial charge in [-0.15, -0.1) is 11.3 Å². The zero-order valence-corrected chi connectivity index (χ0v) is 17.4. The van der Waals surface area contributed by atoms with Crippen LogP contribution in [-0.4, -0.2) is 42.0 Å². The van der Waals surface area contributed by atoms with Crippen LogP contribution in [0.3, 0.4) is 0 Å². The molecule has 3 aromatic rings. The normalized spacial score (nSPS) is 14.5. The summed E-state index contributed by atoms with van der Waals surface area (Å²) in [5.41, 5.74) is 1.50. The second kappa shape index (κ2) is 8.97. The van der Waals surface area contributed by atoms with Gasteiger partial charge in [0.05, 0.1) is 17.7 Å². The number of nitrogens with one attached hydrogen (secondary N) is 1. The van der Waals surface area contributed by atoms with Crippen LogP contribution in [0.2, 0.25) is 0 Å². The highest BCUT2D eigenvalue weighted by atomic mass is 32.1. The summed E-state index contributed by atoms with van der Waals surface area (Å²) in [4.78, 5) is 20.8. The summed E-state index contributed by atoms with van der Waals surface area (Å²) in [7, 11) is 0. The number of aromatic nitrogens is 1. The number of alkyl halides is 3. The Balaban J connectivity index is 1.31. The summed E-state index contributed by atoms with van der Waals surface area (Å²) in [5.74, 6) is -0.0275. The lowest BCUT2D eigenvalue weighted by atomic mass is 10.1. The van der Waals surface area contributed by atoms with E-state index < -0.39 is 11.7 Å². The SMILES string of the molecule is O=C(Cc1csc(Nc2ccccc2)n1)N1CCN(c2cccc(C(F)(F)F)c2)CC1. The highest BCUT2D eigenvalue weighted by Crippen LogP contribution is 2.32. The van der Waals surface area contributed by atoms with Crippen molar-refractivity contribution in [1.29, 1.82) is 0 Å². The third-order valence-electron chi connectivity index (χ3n) is 5.08. The second-order valence-corrected chi connectivity index (χ2v) is 8.09. The number of benzene rings is 2. The Morgan fingerprint density at radius 2 is 1.77 bits per heavy atom. The number of thiazole rings is 1. The first kappa shape index (κ1) is 21.2. The van der Waals surface area contributed by atoms with Gasteiger partial charge in [0.1, 0.15) is 0 Å². The summed E-state index contributed by atoms with van der Waals surface area (Å²) < 4.78 is 38.9. The van der Waals surface area contributed by atoms with Crippen LogP contribution >= 0.6 is 11.3 Å². The minimum absolute atomic E-state index is 0.0275. The van der Waals surface area contributed by atoms with Crippen molar-refractivity contribution in [2.24, 2.45) is 0 Å². The van der Waals surface area contributed by atoms with Crippen LogP contribution in [0.25, 0.3) is 0 Å². The van der Waals surface area contributed by atoms with E-state index in [0.717, 1.165) is 23.0 Å². The average Bonchev–Trinajstić information content (AvgIpc) is 3.20. The molecule has 1 saturated heterocycles. The summed E-state index contributed by atoms with van der Waals surface area (Å²) in [6.45, 7) is 1.92. The van der Waals surface area contributed by atoms with Crippen molar-refractivity contribution in [2.45, 2.75) is 12.6 Å². The van der Waals surface area contributed by atoms with Gasteiger partial charge in [0, 0.05) is 42.9 Å². The average molecular weight is 446 g/mol. The Morgan fingerprint density at radius 1 is 1.03 bits per heavy atom. The smallest absolute Gasteiger partial charge is 0.368 e. The third-order valence-corrected chi connectivity index (χ3v) is 5.89. The lowest BCUT2D eigenvalue weighted by Crippen LogP contribution is -2.49. The summed E-state index contributed by atoms with van der Waals surface area (Å²) in [5, 5.41) is 5.80. The number of piperazine rings is 1. The van der Waals surface area contributed by atoms with Crippen LogP contribution in [0.1, 0.15) is 11.3 Å². The minimum Gasteiger partial charge on any atom is -0.368 e. The van der Waals surface area contributed by atoms with E-state index in [0.29, 0.717) is 37.6 Å². The van der Waals surface area contributed by atoms with Gasteiger partial charge >= 0.3 is 6.18 Å². The number of nitrogens with zero attached hydrogens (tertiary/aromatic N) is 3. The molecule has 31 heavy (non-hydrogen) atoms. The molecule has 0 atom stereocenters. The molecule has 2 heterocycles. The molecule has 0 bridgehead atoms. The first-order valence-corrected chi connectivity index (χ1v) is 10.7. The maximum absolute atomic E-state index is 13.0. The molecule has 1 fully saturated rings. The van der Waals surface area contributed by atoms with Crippen molar-refractivity contribution in [3.05, 3.63) is 71.2 Å². The van der Waals surface area contributed by atoms with Crippen molar-refractivity contribution in [2.75, 3.05) is 36.4 Å². The standard InChI is InChI=1S/C22H21F3N4OS/c23-22(24,25)16-5-4-8-19(13-16)28-9-11-29(12-10-28)20(30)14-18-15-31-21(27-18)26-17-6-2-1-3-7-17/h1-8,13,15H,9-12,14H2,(H,26,27). The lowest BCUT2D eigenvalue weighted by Gasteiger charge is -2.36. The van der Waals surface area contributed by atoms with E-state index in [1.165, 1.54) is 17.4 Å². The van der Waals surface area contributed by atoms with Crippen LogP contribution < -0.4 is 10.2 Å². The molecular formula is C22H21F3N4OS. The van der Waals surface area contributed by atoms with Crippen LogP contribution in [0.5, 0.6) is 0 Å². The maximum atomic E-state index is 13.0. The number of carbonyl (C=O) groups excluding carboxylic acids is 1. The summed E-state index contributed by atoms with van der Waals surface area (Å²) in [6, 6.07) is 15.0. The predicted molar refractivity (Wildman–Crippen MR) is 116 cm³/mol. The Kier molecular flexibility index (Phi) is 6.13. The molecular weight excluding hydrogens is 425 g/mol. The van der Waals surface area contributed by atoms with Gasteiger partial charge in [-0.25, -0.2) is 4.98 Å².